The number of rotatable bonds is 5. The van der Waals surface area contributed by atoms with E-state index in [9.17, 15) is 13.2 Å². The second kappa shape index (κ2) is 5.65. The minimum atomic E-state index is -3.80. The van der Waals surface area contributed by atoms with Crippen molar-refractivity contribution < 1.29 is 13.2 Å². The van der Waals surface area contributed by atoms with E-state index in [-0.39, 0.29) is 11.3 Å². The van der Waals surface area contributed by atoms with E-state index in [1.807, 2.05) is 6.92 Å². The minimum absolute atomic E-state index is 0.0916. The molecule has 0 heterocycles. The number of anilines is 1. The Morgan fingerprint density at radius 2 is 1.76 bits per heavy atom. The Kier molecular flexibility index (Phi) is 4.70. The van der Waals surface area contributed by atoms with Crippen LogP contribution in [-0.4, -0.2) is 19.9 Å². The molecule has 0 fully saturated rings. The summed E-state index contributed by atoms with van der Waals surface area (Å²) < 4.78 is 27.8. The number of primary amides is 1. The zero-order valence-corrected chi connectivity index (χ0v) is 13.9. The van der Waals surface area contributed by atoms with E-state index >= 15 is 0 Å². The molecule has 0 unspecified atom stereocenters. The van der Waals surface area contributed by atoms with Crippen LogP contribution in [0.1, 0.15) is 37.0 Å². The molecule has 0 aliphatic carbocycles. The van der Waals surface area contributed by atoms with Gasteiger partial charge in [0, 0.05) is 17.6 Å². The minimum Gasteiger partial charge on any atom is -0.398 e. The number of amides is 1. The van der Waals surface area contributed by atoms with E-state index in [4.69, 9.17) is 11.5 Å². The molecule has 1 aromatic rings. The number of aryl methyl sites for hydroxylation is 2. The summed E-state index contributed by atoms with van der Waals surface area (Å²) in [5.41, 5.74) is 12.5. The Bertz CT molecular complexity index is 679. The molecule has 0 atom stereocenters. The van der Waals surface area contributed by atoms with E-state index in [0.29, 0.717) is 16.8 Å². The van der Waals surface area contributed by atoms with Gasteiger partial charge in [-0.05, 0) is 51.3 Å². The van der Waals surface area contributed by atoms with Crippen molar-refractivity contribution in [3.05, 3.63) is 22.8 Å². The zero-order valence-electron chi connectivity index (χ0n) is 13.1. The summed E-state index contributed by atoms with van der Waals surface area (Å²) in [5.74, 6) is -0.570. The predicted molar refractivity (Wildman–Crippen MR) is 83.3 cm³/mol. The molecule has 1 amide bonds. The Labute approximate surface area is 126 Å². The van der Waals surface area contributed by atoms with Gasteiger partial charge in [0.2, 0.25) is 15.9 Å². The molecule has 0 aromatic heterocycles. The van der Waals surface area contributed by atoms with Crippen LogP contribution in [0.25, 0.3) is 0 Å². The maximum absolute atomic E-state index is 12.6. The Morgan fingerprint density at radius 3 is 2.24 bits per heavy atom. The summed E-state index contributed by atoms with van der Waals surface area (Å²) >= 11 is 0. The van der Waals surface area contributed by atoms with Crippen molar-refractivity contribution >= 4 is 21.6 Å². The van der Waals surface area contributed by atoms with Gasteiger partial charge in [-0.3, -0.25) is 4.79 Å². The molecule has 0 spiro atoms. The first kappa shape index (κ1) is 17.5. The molecule has 0 saturated heterocycles. The van der Waals surface area contributed by atoms with E-state index in [1.165, 1.54) is 0 Å². The number of benzene rings is 1. The molecule has 0 aliphatic heterocycles. The van der Waals surface area contributed by atoms with Crippen molar-refractivity contribution in [3.63, 3.8) is 0 Å². The van der Waals surface area contributed by atoms with Crippen LogP contribution < -0.4 is 16.2 Å². The van der Waals surface area contributed by atoms with Crippen molar-refractivity contribution in [1.29, 1.82) is 0 Å². The molecule has 5 N–H and O–H groups in total. The summed E-state index contributed by atoms with van der Waals surface area (Å²) in [6.45, 7) is 8.44. The fourth-order valence-corrected chi connectivity index (χ4v) is 4.38. The standard InChI is InChI=1S/C14H23N3O3S/c1-8-6-9(2)13(10(3)12(8)16)21(19,20)17-14(4,5)7-11(15)18/h6,17H,7,16H2,1-5H3,(H2,15,18). The molecule has 1 rings (SSSR count). The van der Waals surface area contributed by atoms with Gasteiger partial charge in [0.1, 0.15) is 0 Å². The fraction of sp³-hybridized carbons (Fsp3) is 0.500. The maximum atomic E-state index is 12.6. The van der Waals surface area contributed by atoms with Gasteiger partial charge in [-0.2, -0.15) is 0 Å². The van der Waals surface area contributed by atoms with Crippen LogP contribution in [0.2, 0.25) is 0 Å². The van der Waals surface area contributed by atoms with Crippen LogP contribution in [0, 0.1) is 20.8 Å². The number of sulfonamides is 1. The van der Waals surface area contributed by atoms with E-state index in [0.717, 1.165) is 5.56 Å². The SMILES string of the molecule is Cc1cc(C)c(S(=O)(=O)NC(C)(C)CC(N)=O)c(C)c1N. The van der Waals surface area contributed by atoms with Crippen molar-refractivity contribution in [2.24, 2.45) is 5.73 Å². The second-order valence-electron chi connectivity index (χ2n) is 6.01. The Morgan fingerprint density at radius 1 is 1.24 bits per heavy atom. The van der Waals surface area contributed by atoms with Gasteiger partial charge in [-0.25, -0.2) is 13.1 Å². The van der Waals surface area contributed by atoms with Crippen molar-refractivity contribution in [3.8, 4) is 0 Å². The van der Waals surface area contributed by atoms with Crippen LogP contribution in [-0.2, 0) is 14.8 Å². The number of hydrogen-bond donors (Lipinski definition) is 3. The first-order chi connectivity index (χ1) is 9.37. The molecule has 0 aliphatic rings. The van der Waals surface area contributed by atoms with Gasteiger partial charge in [0.25, 0.3) is 0 Å². The third kappa shape index (κ3) is 3.95. The molecule has 7 heteroatoms. The Hall–Kier alpha value is -1.60. The van der Waals surface area contributed by atoms with E-state index in [1.54, 1.807) is 33.8 Å². The topological polar surface area (TPSA) is 115 Å². The lowest BCUT2D eigenvalue weighted by Gasteiger charge is -2.26. The highest BCUT2D eigenvalue weighted by Crippen LogP contribution is 2.29. The number of nitrogen functional groups attached to an aromatic ring is 1. The summed E-state index contributed by atoms with van der Waals surface area (Å²) in [5, 5.41) is 0. The van der Waals surface area contributed by atoms with Crippen molar-refractivity contribution in [2.45, 2.75) is 51.5 Å². The molecule has 0 radical (unpaired) electrons. The average molecular weight is 313 g/mol. The number of nitrogens with two attached hydrogens (primary N) is 2. The summed E-state index contributed by atoms with van der Waals surface area (Å²) in [7, 11) is -3.80. The van der Waals surface area contributed by atoms with Crippen LogP contribution in [0.15, 0.2) is 11.0 Å². The first-order valence-corrected chi connectivity index (χ1v) is 8.04. The highest BCUT2D eigenvalue weighted by Gasteiger charge is 2.30. The lowest BCUT2D eigenvalue weighted by atomic mass is 10.0. The van der Waals surface area contributed by atoms with E-state index < -0.39 is 21.5 Å². The van der Waals surface area contributed by atoms with Crippen LogP contribution in [0.5, 0.6) is 0 Å². The third-order valence-corrected chi connectivity index (χ3v) is 5.24. The van der Waals surface area contributed by atoms with Gasteiger partial charge in [0.15, 0.2) is 0 Å². The van der Waals surface area contributed by atoms with Gasteiger partial charge in [-0.15, -0.1) is 0 Å². The highest BCUT2D eigenvalue weighted by atomic mass is 32.2. The summed E-state index contributed by atoms with van der Waals surface area (Å²) in [4.78, 5) is 11.2. The number of nitrogens with one attached hydrogen (secondary N) is 1. The molecule has 21 heavy (non-hydrogen) atoms. The number of hydrogen-bond acceptors (Lipinski definition) is 4. The molecule has 118 valence electrons. The van der Waals surface area contributed by atoms with Crippen LogP contribution >= 0.6 is 0 Å². The molecule has 6 nitrogen and oxygen atoms in total. The number of carbonyl (C=O) groups excluding carboxylic acids is 1. The average Bonchev–Trinajstić information content (AvgIpc) is 2.21. The highest BCUT2D eigenvalue weighted by molar-refractivity contribution is 7.89. The fourth-order valence-electron chi connectivity index (χ4n) is 2.48. The number of carbonyl (C=O) groups is 1. The molecule has 0 saturated carbocycles. The summed E-state index contributed by atoms with van der Waals surface area (Å²) in [6.07, 6.45) is -0.0916. The largest absolute Gasteiger partial charge is 0.398 e. The second-order valence-corrected chi connectivity index (χ2v) is 7.63. The molecule has 1 aromatic carbocycles. The molecular formula is C14H23N3O3S. The normalized spacial score (nSPS) is 12.4. The van der Waals surface area contributed by atoms with Gasteiger partial charge >= 0.3 is 0 Å². The zero-order chi connectivity index (χ0) is 16.6. The van der Waals surface area contributed by atoms with Gasteiger partial charge in [-0.1, -0.05) is 6.07 Å². The predicted octanol–water partition coefficient (Wildman–Crippen LogP) is 1.13. The summed E-state index contributed by atoms with van der Waals surface area (Å²) in [6, 6.07) is 1.73. The smallest absolute Gasteiger partial charge is 0.241 e. The van der Waals surface area contributed by atoms with Crippen LogP contribution in [0.3, 0.4) is 0 Å². The third-order valence-electron chi connectivity index (χ3n) is 3.26. The van der Waals surface area contributed by atoms with Crippen molar-refractivity contribution in [1.82, 2.24) is 4.72 Å². The quantitative estimate of drug-likeness (QED) is 0.706. The first-order valence-electron chi connectivity index (χ1n) is 6.56. The van der Waals surface area contributed by atoms with Gasteiger partial charge < -0.3 is 11.5 Å². The lowest BCUT2D eigenvalue weighted by Crippen LogP contribution is -2.46. The van der Waals surface area contributed by atoms with Crippen LogP contribution in [0.4, 0.5) is 5.69 Å². The lowest BCUT2D eigenvalue weighted by molar-refractivity contribution is -0.119. The Balaban J connectivity index is 3.33. The molecule has 0 bridgehead atoms. The maximum Gasteiger partial charge on any atom is 0.241 e. The van der Waals surface area contributed by atoms with Crippen molar-refractivity contribution in [2.75, 3.05) is 5.73 Å². The monoisotopic (exact) mass is 313 g/mol. The van der Waals surface area contributed by atoms with E-state index in [2.05, 4.69) is 4.72 Å². The molecular weight excluding hydrogens is 290 g/mol. The van der Waals surface area contributed by atoms with Gasteiger partial charge in [0.05, 0.1) is 4.90 Å².